The molecule has 3 rings (SSSR count). The predicted octanol–water partition coefficient (Wildman–Crippen LogP) is 7.27. The molecule has 0 saturated heterocycles. The number of hydrogen-bond acceptors (Lipinski definition) is 2. The van der Waals surface area contributed by atoms with Gasteiger partial charge in [0.25, 0.3) is 0 Å². The van der Waals surface area contributed by atoms with Crippen LogP contribution in [0.2, 0.25) is 0 Å². The van der Waals surface area contributed by atoms with Crippen LogP contribution in [0.1, 0.15) is 62.1 Å². The van der Waals surface area contributed by atoms with Crippen LogP contribution in [0.4, 0.5) is 0 Å². The molecule has 0 N–H and O–H groups in total. The first-order chi connectivity index (χ1) is 11.6. The lowest BCUT2D eigenvalue weighted by Crippen LogP contribution is -2.09. The number of benzene rings is 2. The quantitative estimate of drug-likeness (QED) is 0.420. The molecule has 1 aliphatic rings. The lowest BCUT2D eigenvalue weighted by Gasteiger charge is -2.29. The van der Waals surface area contributed by atoms with Crippen molar-refractivity contribution in [3.05, 3.63) is 65.2 Å². The molecule has 2 aromatic rings. The van der Waals surface area contributed by atoms with E-state index in [-0.39, 0.29) is 0 Å². The minimum absolute atomic E-state index is 0.460. The molecule has 1 unspecified atom stereocenters. The average Bonchev–Trinajstić information content (AvgIpc) is 2.56. The number of fused-ring (bicyclic) bond motifs is 2. The van der Waals surface area contributed by atoms with Crippen molar-refractivity contribution in [3.8, 4) is 0 Å². The lowest BCUT2D eigenvalue weighted by molar-refractivity contribution is 0.680. The number of hydrogen-bond donors (Lipinski definition) is 1. The van der Waals surface area contributed by atoms with Crippen LogP contribution in [0, 0.1) is 0 Å². The minimum Gasteiger partial charge on any atom is -0.143 e. The lowest BCUT2D eigenvalue weighted by atomic mass is 9.85. The van der Waals surface area contributed by atoms with Crippen LogP contribution >= 0.6 is 24.4 Å². The van der Waals surface area contributed by atoms with Crippen LogP contribution < -0.4 is 0 Å². The van der Waals surface area contributed by atoms with Crippen molar-refractivity contribution in [2.45, 2.75) is 66.6 Å². The molecular formula is C22H26S2. The molecule has 0 fully saturated rings. The average molecular weight is 355 g/mol. The molecule has 0 radical (unpaired) electrons. The van der Waals surface area contributed by atoms with Crippen molar-refractivity contribution in [2.75, 3.05) is 0 Å². The summed E-state index contributed by atoms with van der Waals surface area (Å²) in [6.45, 7) is 8.50. The van der Waals surface area contributed by atoms with Crippen molar-refractivity contribution in [1.29, 1.82) is 0 Å². The largest absolute Gasteiger partial charge is 0.143 e. The van der Waals surface area contributed by atoms with Gasteiger partial charge in [0, 0.05) is 20.6 Å². The van der Waals surface area contributed by atoms with Gasteiger partial charge in [0.2, 0.25) is 0 Å². The molecule has 1 atom stereocenters. The van der Waals surface area contributed by atoms with Crippen LogP contribution in [-0.4, -0.2) is 0 Å². The molecule has 2 aromatic carbocycles. The fourth-order valence-electron chi connectivity index (χ4n) is 3.39. The van der Waals surface area contributed by atoms with E-state index >= 15 is 0 Å². The van der Waals surface area contributed by atoms with E-state index in [1.165, 1.54) is 51.3 Å². The second kappa shape index (κ2) is 7.84. The van der Waals surface area contributed by atoms with Gasteiger partial charge >= 0.3 is 0 Å². The van der Waals surface area contributed by atoms with Crippen molar-refractivity contribution in [2.24, 2.45) is 0 Å². The Labute approximate surface area is 156 Å². The number of allylic oxidation sites excluding steroid dienone is 1. The Bertz CT molecular complexity index is 746. The summed E-state index contributed by atoms with van der Waals surface area (Å²) >= 11 is 6.48. The van der Waals surface area contributed by atoms with Crippen LogP contribution in [0.3, 0.4) is 0 Å². The Morgan fingerprint density at radius 2 is 1.83 bits per heavy atom. The fourth-order valence-corrected chi connectivity index (χ4v) is 4.75. The second-order valence-electron chi connectivity index (χ2n) is 6.85. The van der Waals surface area contributed by atoms with E-state index in [9.17, 15) is 0 Å². The molecule has 0 amide bonds. The third-order valence-corrected chi connectivity index (χ3v) is 6.18. The highest BCUT2D eigenvalue weighted by Crippen LogP contribution is 2.48. The molecule has 24 heavy (non-hydrogen) atoms. The summed E-state index contributed by atoms with van der Waals surface area (Å²) in [5, 5.41) is 0. The molecular weight excluding hydrogens is 328 g/mol. The van der Waals surface area contributed by atoms with Crippen LogP contribution in [0.5, 0.6) is 0 Å². The maximum absolute atomic E-state index is 4.58. The molecule has 126 valence electrons. The van der Waals surface area contributed by atoms with E-state index in [0.717, 1.165) is 17.7 Å². The summed E-state index contributed by atoms with van der Waals surface area (Å²) in [6.07, 6.45) is 5.90. The molecule has 0 nitrogen and oxygen atoms in total. The highest BCUT2D eigenvalue weighted by atomic mass is 32.2. The molecule has 0 spiro atoms. The molecule has 1 aliphatic heterocycles. The minimum atomic E-state index is 0.460. The van der Waals surface area contributed by atoms with Gasteiger partial charge in [-0.15, -0.1) is 19.2 Å². The van der Waals surface area contributed by atoms with Gasteiger partial charge in [-0.2, -0.15) is 0 Å². The van der Waals surface area contributed by atoms with E-state index in [2.05, 4.69) is 69.5 Å². The van der Waals surface area contributed by atoms with Gasteiger partial charge < -0.3 is 0 Å². The predicted molar refractivity (Wildman–Crippen MR) is 109 cm³/mol. The van der Waals surface area contributed by atoms with E-state index < -0.39 is 0 Å². The molecule has 1 heterocycles. The smallest absolute Gasteiger partial charge is 0.0161 e. The zero-order valence-corrected chi connectivity index (χ0v) is 16.4. The molecule has 0 bridgehead atoms. The van der Waals surface area contributed by atoms with Crippen LogP contribution in [-0.2, 0) is 6.42 Å². The first kappa shape index (κ1) is 17.7. The summed E-state index contributed by atoms with van der Waals surface area (Å²) in [6, 6.07) is 13.7. The Hall–Kier alpha value is -1.12. The number of rotatable bonds is 6. The standard InChI is InChI=1S/C22H26S2/c1-4-5-6-16-8-11-21-19(13-16)18(10-7-15(2)3)20-14-17(23)9-12-22(20)24-21/h8-9,11-14,18,23H,2,4-7,10H2,1,3H3. The first-order valence-electron chi connectivity index (χ1n) is 8.86. The van der Waals surface area contributed by atoms with Gasteiger partial charge in [-0.3, -0.25) is 0 Å². The van der Waals surface area contributed by atoms with Gasteiger partial charge in [0.05, 0.1) is 0 Å². The zero-order valence-electron chi connectivity index (χ0n) is 14.6. The van der Waals surface area contributed by atoms with Crippen molar-refractivity contribution < 1.29 is 0 Å². The highest BCUT2D eigenvalue weighted by molar-refractivity contribution is 7.99. The summed E-state index contributed by atoms with van der Waals surface area (Å²) in [5.74, 6) is 0.460. The number of aryl methyl sites for hydroxylation is 1. The van der Waals surface area contributed by atoms with E-state index in [1.54, 1.807) is 0 Å². The maximum Gasteiger partial charge on any atom is 0.0161 e. The maximum atomic E-state index is 4.58. The summed E-state index contributed by atoms with van der Waals surface area (Å²) in [7, 11) is 0. The van der Waals surface area contributed by atoms with Crippen molar-refractivity contribution in [3.63, 3.8) is 0 Å². The second-order valence-corrected chi connectivity index (χ2v) is 8.45. The van der Waals surface area contributed by atoms with Gasteiger partial charge in [-0.05, 0) is 73.6 Å². The summed E-state index contributed by atoms with van der Waals surface area (Å²) < 4.78 is 0. The Balaban J connectivity index is 2.00. The van der Waals surface area contributed by atoms with E-state index in [1.807, 2.05) is 11.8 Å². The van der Waals surface area contributed by atoms with E-state index in [0.29, 0.717) is 5.92 Å². The van der Waals surface area contributed by atoms with Crippen LogP contribution in [0.25, 0.3) is 0 Å². The molecule has 0 aliphatic carbocycles. The third kappa shape index (κ3) is 3.92. The molecule has 0 saturated carbocycles. The number of thiol groups is 1. The SMILES string of the molecule is C=C(C)CCC1c2cc(S)ccc2Sc2ccc(CCCC)cc21. The highest BCUT2D eigenvalue weighted by Gasteiger charge is 2.26. The normalized spacial score (nSPS) is 15.7. The van der Waals surface area contributed by atoms with E-state index in [4.69, 9.17) is 0 Å². The van der Waals surface area contributed by atoms with Gasteiger partial charge in [-0.1, -0.05) is 42.8 Å². The van der Waals surface area contributed by atoms with Crippen LogP contribution in [0.15, 0.2) is 63.2 Å². The van der Waals surface area contributed by atoms with Gasteiger partial charge in [0.15, 0.2) is 0 Å². The topological polar surface area (TPSA) is 0 Å². The Morgan fingerprint density at radius 1 is 1.12 bits per heavy atom. The Morgan fingerprint density at radius 3 is 2.54 bits per heavy atom. The Kier molecular flexibility index (Phi) is 5.78. The van der Waals surface area contributed by atoms with Gasteiger partial charge in [0.1, 0.15) is 0 Å². The zero-order chi connectivity index (χ0) is 17.1. The fraction of sp³-hybridized carbons (Fsp3) is 0.364. The monoisotopic (exact) mass is 354 g/mol. The van der Waals surface area contributed by atoms with Crippen molar-refractivity contribution >= 4 is 24.4 Å². The molecule has 0 aromatic heterocycles. The third-order valence-electron chi connectivity index (χ3n) is 4.72. The first-order valence-corrected chi connectivity index (χ1v) is 10.1. The number of unbranched alkanes of at least 4 members (excludes halogenated alkanes) is 1. The van der Waals surface area contributed by atoms with Gasteiger partial charge in [-0.25, -0.2) is 0 Å². The summed E-state index contributed by atoms with van der Waals surface area (Å²) in [4.78, 5) is 3.86. The summed E-state index contributed by atoms with van der Waals surface area (Å²) in [5.41, 5.74) is 5.68. The van der Waals surface area contributed by atoms with Crippen molar-refractivity contribution in [1.82, 2.24) is 0 Å². The molecule has 2 heteroatoms.